The van der Waals surface area contributed by atoms with E-state index in [0.717, 1.165) is 24.3 Å². The van der Waals surface area contributed by atoms with Crippen molar-refractivity contribution in [1.82, 2.24) is 20.2 Å². The molecule has 6 heteroatoms. The molecule has 0 spiro atoms. The van der Waals surface area contributed by atoms with Gasteiger partial charge in [0.25, 0.3) is 0 Å². The van der Waals surface area contributed by atoms with E-state index in [4.69, 9.17) is 17.3 Å². The van der Waals surface area contributed by atoms with Gasteiger partial charge in [-0.15, -0.1) is 10.2 Å². The number of nitrogens with two attached hydrogens (primary N) is 1. The lowest BCUT2D eigenvalue weighted by Gasteiger charge is -2.51. The molecule has 1 aromatic carbocycles. The van der Waals surface area contributed by atoms with Crippen LogP contribution in [0.3, 0.4) is 0 Å². The van der Waals surface area contributed by atoms with E-state index in [1.165, 1.54) is 10.4 Å². The summed E-state index contributed by atoms with van der Waals surface area (Å²) in [5.74, 6) is 0.592. The molecular formula is C14H18ClN5. The molecule has 5 nitrogen and oxygen atoms in total. The largest absolute Gasteiger partial charge is 0.318 e. The summed E-state index contributed by atoms with van der Waals surface area (Å²) in [7, 11) is 1.75. The number of halogens is 1. The molecule has 1 saturated carbocycles. The van der Waals surface area contributed by atoms with Crippen LogP contribution in [0.2, 0.25) is 5.02 Å². The second-order valence-corrected chi connectivity index (χ2v) is 6.18. The van der Waals surface area contributed by atoms with Gasteiger partial charge in [-0.2, -0.15) is 4.80 Å². The van der Waals surface area contributed by atoms with E-state index in [-0.39, 0.29) is 5.41 Å². The van der Waals surface area contributed by atoms with Crippen LogP contribution in [0.5, 0.6) is 0 Å². The summed E-state index contributed by atoms with van der Waals surface area (Å²) >= 11 is 5.99. The second kappa shape index (κ2) is 4.53. The molecule has 0 saturated heterocycles. The smallest absolute Gasteiger partial charge is 0.195 e. The van der Waals surface area contributed by atoms with Gasteiger partial charge in [0.05, 0.1) is 12.6 Å². The highest BCUT2D eigenvalue weighted by atomic mass is 35.5. The Balaban J connectivity index is 2.06. The highest BCUT2D eigenvalue weighted by Gasteiger charge is 2.54. The highest BCUT2D eigenvalue weighted by Crippen LogP contribution is 2.53. The van der Waals surface area contributed by atoms with Crippen molar-refractivity contribution in [2.75, 3.05) is 0 Å². The Morgan fingerprint density at radius 1 is 1.30 bits per heavy atom. The number of rotatable bonds is 3. The van der Waals surface area contributed by atoms with Crippen LogP contribution in [0.15, 0.2) is 24.3 Å². The standard InChI is InChI=1S/C14H18ClN5/c1-13(16,12-17-19-20(2)18-12)14(8-3-9-14)10-4-6-11(15)7-5-10/h4-7H,3,8-9,16H2,1-2H3. The Labute approximate surface area is 123 Å². The van der Waals surface area contributed by atoms with Crippen LogP contribution in [0, 0.1) is 0 Å². The fourth-order valence-electron chi connectivity index (χ4n) is 3.11. The number of hydrogen-bond donors (Lipinski definition) is 1. The zero-order valence-electron chi connectivity index (χ0n) is 11.7. The zero-order valence-corrected chi connectivity index (χ0v) is 12.4. The molecule has 20 heavy (non-hydrogen) atoms. The highest BCUT2D eigenvalue weighted by molar-refractivity contribution is 6.30. The maximum absolute atomic E-state index is 6.65. The lowest BCUT2D eigenvalue weighted by molar-refractivity contribution is 0.116. The molecule has 0 bridgehead atoms. The topological polar surface area (TPSA) is 69.6 Å². The minimum Gasteiger partial charge on any atom is -0.318 e. The summed E-state index contributed by atoms with van der Waals surface area (Å²) in [6.07, 6.45) is 3.22. The molecular weight excluding hydrogens is 274 g/mol. The molecule has 1 heterocycles. The Morgan fingerprint density at radius 3 is 2.40 bits per heavy atom. The predicted molar refractivity (Wildman–Crippen MR) is 77.3 cm³/mol. The lowest BCUT2D eigenvalue weighted by atomic mass is 9.54. The molecule has 0 radical (unpaired) electrons. The Hall–Kier alpha value is -1.46. The van der Waals surface area contributed by atoms with E-state index in [0.29, 0.717) is 5.82 Å². The van der Waals surface area contributed by atoms with Crippen molar-refractivity contribution in [1.29, 1.82) is 0 Å². The minimum atomic E-state index is -0.645. The Morgan fingerprint density at radius 2 is 1.95 bits per heavy atom. The average molecular weight is 292 g/mol. The third-order valence-corrected chi connectivity index (χ3v) is 4.82. The van der Waals surface area contributed by atoms with Crippen molar-refractivity contribution in [3.05, 3.63) is 40.7 Å². The summed E-state index contributed by atoms with van der Waals surface area (Å²) in [4.78, 5) is 1.45. The maximum atomic E-state index is 6.65. The number of tetrazole rings is 1. The molecule has 3 rings (SSSR count). The monoisotopic (exact) mass is 291 g/mol. The molecule has 106 valence electrons. The first-order valence-electron chi connectivity index (χ1n) is 6.75. The first-order valence-corrected chi connectivity index (χ1v) is 7.13. The van der Waals surface area contributed by atoms with Gasteiger partial charge in [-0.3, -0.25) is 0 Å². The predicted octanol–water partition coefficient (Wildman–Crippen LogP) is 2.16. The molecule has 1 unspecified atom stereocenters. The van der Waals surface area contributed by atoms with E-state index in [9.17, 15) is 0 Å². The molecule has 0 aliphatic heterocycles. The van der Waals surface area contributed by atoms with Crippen LogP contribution in [0.1, 0.15) is 37.6 Å². The molecule has 2 aromatic rings. The van der Waals surface area contributed by atoms with E-state index in [1.807, 2.05) is 19.1 Å². The van der Waals surface area contributed by atoms with Crippen LogP contribution in [-0.4, -0.2) is 20.2 Å². The number of benzene rings is 1. The van der Waals surface area contributed by atoms with Crippen LogP contribution >= 0.6 is 11.6 Å². The second-order valence-electron chi connectivity index (χ2n) is 5.75. The number of aryl methyl sites for hydroxylation is 1. The van der Waals surface area contributed by atoms with E-state index >= 15 is 0 Å². The van der Waals surface area contributed by atoms with Crippen LogP contribution < -0.4 is 5.73 Å². The van der Waals surface area contributed by atoms with Crippen LogP contribution in [-0.2, 0) is 18.0 Å². The van der Waals surface area contributed by atoms with Crippen molar-refractivity contribution in [2.24, 2.45) is 12.8 Å². The summed E-state index contributed by atoms with van der Waals surface area (Å²) in [6, 6.07) is 7.94. The Kier molecular flexibility index (Phi) is 3.06. The first kappa shape index (κ1) is 13.5. The van der Waals surface area contributed by atoms with Gasteiger partial charge in [0.1, 0.15) is 0 Å². The summed E-state index contributed by atoms with van der Waals surface area (Å²) < 4.78 is 0. The minimum absolute atomic E-state index is 0.138. The van der Waals surface area contributed by atoms with Crippen molar-refractivity contribution in [2.45, 2.75) is 37.1 Å². The molecule has 0 amide bonds. The fourth-order valence-corrected chi connectivity index (χ4v) is 3.24. The number of aromatic nitrogens is 4. The van der Waals surface area contributed by atoms with Crippen molar-refractivity contribution < 1.29 is 0 Å². The van der Waals surface area contributed by atoms with Gasteiger partial charge in [0.15, 0.2) is 5.82 Å². The Bertz CT molecular complexity index is 613. The van der Waals surface area contributed by atoms with Crippen LogP contribution in [0.4, 0.5) is 0 Å². The molecule has 1 fully saturated rings. The summed E-state index contributed by atoms with van der Waals surface area (Å²) in [5, 5.41) is 13.1. The average Bonchev–Trinajstić information content (AvgIpc) is 2.77. The number of nitrogens with zero attached hydrogens (tertiary/aromatic N) is 4. The summed E-state index contributed by atoms with van der Waals surface area (Å²) in [6.45, 7) is 2.00. The van der Waals surface area contributed by atoms with Gasteiger partial charge in [0, 0.05) is 10.4 Å². The zero-order chi connectivity index (χ0) is 14.4. The first-order chi connectivity index (χ1) is 9.46. The lowest BCUT2D eigenvalue weighted by Crippen LogP contribution is -2.58. The van der Waals surface area contributed by atoms with Crippen molar-refractivity contribution >= 4 is 11.6 Å². The number of hydrogen-bond acceptors (Lipinski definition) is 4. The molecule has 1 atom stereocenters. The van der Waals surface area contributed by atoms with Gasteiger partial charge in [-0.25, -0.2) is 0 Å². The quantitative estimate of drug-likeness (QED) is 0.941. The molecule has 2 N–H and O–H groups in total. The van der Waals surface area contributed by atoms with Crippen molar-refractivity contribution in [3.8, 4) is 0 Å². The van der Waals surface area contributed by atoms with E-state index < -0.39 is 5.54 Å². The van der Waals surface area contributed by atoms with Gasteiger partial charge >= 0.3 is 0 Å². The van der Waals surface area contributed by atoms with Gasteiger partial charge in [0.2, 0.25) is 0 Å². The molecule has 1 aliphatic rings. The fraction of sp³-hybridized carbons (Fsp3) is 0.500. The maximum Gasteiger partial charge on any atom is 0.195 e. The van der Waals surface area contributed by atoms with Gasteiger partial charge in [-0.1, -0.05) is 30.2 Å². The SMILES string of the molecule is Cn1nnc(C(C)(N)C2(c3ccc(Cl)cc3)CCC2)n1. The van der Waals surface area contributed by atoms with Gasteiger partial charge < -0.3 is 5.73 Å². The molecule has 1 aliphatic carbocycles. The summed E-state index contributed by atoms with van der Waals surface area (Å²) in [5.41, 5.74) is 7.07. The van der Waals surface area contributed by atoms with Crippen LogP contribution in [0.25, 0.3) is 0 Å². The van der Waals surface area contributed by atoms with E-state index in [2.05, 4.69) is 27.5 Å². The molecule has 1 aromatic heterocycles. The third-order valence-electron chi connectivity index (χ3n) is 4.57. The van der Waals surface area contributed by atoms with Crippen molar-refractivity contribution in [3.63, 3.8) is 0 Å². The third kappa shape index (κ3) is 1.84. The van der Waals surface area contributed by atoms with Gasteiger partial charge in [-0.05, 0) is 42.7 Å². The van der Waals surface area contributed by atoms with E-state index in [1.54, 1.807) is 7.05 Å². The normalized spacial score (nSPS) is 20.2.